The van der Waals surface area contributed by atoms with Crippen LogP contribution >= 0.6 is 11.3 Å². The number of aromatic nitrogens is 1. The van der Waals surface area contributed by atoms with E-state index in [-0.39, 0.29) is 5.91 Å². The molecule has 1 amide bonds. The van der Waals surface area contributed by atoms with Gasteiger partial charge in [0.2, 0.25) is 0 Å². The number of rotatable bonds is 3. The lowest BCUT2D eigenvalue weighted by atomic mass is 10.2. The van der Waals surface area contributed by atoms with Crippen LogP contribution in [0.25, 0.3) is 0 Å². The zero-order chi connectivity index (χ0) is 13.1. The average molecular weight is 260 g/mol. The van der Waals surface area contributed by atoms with Crippen LogP contribution in [-0.2, 0) is 6.54 Å². The van der Waals surface area contributed by atoms with Crippen LogP contribution in [0.1, 0.15) is 25.9 Å². The molecule has 94 valence electrons. The quantitative estimate of drug-likeness (QED) is 0.850. The maximum atomic E-state index is 12.3. The Kier molecular flexibility index (Phi) is 3.77. The van der Waals surface area contributed by atoms with Gasteiger partial charge in [-0.2, -0.15) is 0 Å². The third kappa shape index (κ3) is 2.76. The van der Waals surface area contributed by atoms with Crippen molar-refractivity contribution in [2.75, 3.05) is 7.05 Å². The molecule has 1 aromatic carbocycles. The van der Waals surface area contributed by atoms with Crippen molar-refractivity contribution in [3.05, 3.63) is 51.5 Å². The molecule has 0 radical (unpaired) electrons. The van der Waals surface area contributed by atoms with Gasteiger partial charge in [0, 0.05) is 18.5 Å². The van der Waals surface area contributed by atoms with Crippen LogP contribution < -0.4 is 0 Å². The maximum absolute atomic E-state index is 12.3. The molecule has 1 heterocycles. The molecule has 4 heteroatoms. The van der Waals surface area contributed by atoms with E-state index in [9.17, 15) is 4.79 Å². The van der Waals surface area contributed by atoms with Gasteiger partial charge in [-0.3, -0.25) is 4.79 Å². The van der Waals surface area contributed by atoms with E-state index in [1.807, 2.05) is 51.2 Å². The van der Waals surface area contributed by atoms with E-state index in [0.717, 1.165) is 15.4 Å². The second kappa shape index (κ2) is 5.31. The van der Waals surface area contributed by atoms with Crippen LogP contribution in [0.15, 0.2) is 30.3 Å². The van der Waals surface area contributed by atoms with E-state index in [1.165, 1.54) is 0 Å². The zero-order valence-electron chi connectivity index (χ0n) is 10.8. The predicted octanol–water partition coefficient (Wildman–Crippen LogP) is 3.03. The fourth-order valence-electron chi connectivity index (χ4n) is 1.84. The summed E-state index contributed by atoms with van der Waals surface area (Å²) in [6, 6.07) is 9.96. The number of amides is 1. The summed E-state index contributed by atoms with van der Waals surface area (Å²) in [5.74, 6) is -0.0132. The summed E-state index contributed by atoms with van der Waals surface area (Å²) < 4.78 is 0. The lowest BCUT2D eigenvalue weighted by molar-refractivity contribution is 0.0779. The second-order valence-electron chi connectivity index (χ2n) is 4.28. The smallest absolute Gasteiger partial charge is 0.273 e. The number of hydrogen-bond acceptors (Lipinski definition) is 3. The summed E-state index contributed by atoms with van der Waals surface area (Å²) in [4.78, 5) is 19.2. The van der Waals surface area contributed by atoms with Gasteiger partial charge in [0.25, 0.3) is 5.91 Å². The summed E-state index contributed by atoms with van der Waals surface area (Å²) in [6.45, 7) is 4.47. The molecule has 0 aliphatic rings. The normalized spacial score (nSPS) is 10.4. The van der Waals surface area contributed by atoms with Crippen molar-refractivity contribution in [3.8, 4) is 0 Å². The first kappa shape index (κ1) is 12.8. The summed E-state index contributed by atoms with van der Waals surface area (Å²) in [7, 11) is 1.81. The molecule has 0 aliphatic heterocycles. The third-order valence-corrected chi connectivity index (χ3v) is 3.60. The molecule has 0 unspecified atom stereocenters. The number of thiazole rings is 1. The highest BCUT2D eigenvalue weighted by atomic mass is 32.1. The van der Waals surface area contributed by atoms with Crippen LogP contribution in [0.5, 0.6) is 0 Å². The van der Waals surface area contributed by atoms with Crippen molar-refractivity contribution >= 4 is 17.2 Å². The molecular weight excluding hydrogens is 244 g/mol. The number of nitrogens with zero attached hydrogens (tertiary/aromatic N) is 2. The minimum atomic E-state index is -0.0132. The average Bonchev–Trinajstić information content (AvgIpc) is 2.68. The molecule has 0 saturated carbocycles. The van der Waals surface area contributed by atoms with E-state index in [4.69, 9.17) is 0 Å². The number of aryl methyl sites for hydroxylation is 2. The number of hydrogen-bond donors (Lipinski definition) is 0. The highest BCUT2D eigenvalue weighted by molar-refractivity contribution is 7.11. The van der Waals surface area contributed by atoms with Crippen molar-refractivity contribution in [2.45, 2.75) is 20.4 Å². The molecule has 0 aliphatic carbocycles. The van der Waals surface area contributed by atoms with Crippen LogP contribution in [0, 0.1) is 13.8 Å². The van der Waals surface area contributed by atoms with Crippen molar-refractivity contribution in [2.24, 2.45) is 0 Å². The second-order valence-corrected chi connectivity index (χ2v) is 5.69. The Morgan fingerprint density at radius 3 is 2.50 bits per heavy atom. The first-order valence-corrected chi connectivity index (χ1v) is 6.63. The van der Waals surface area contributed by atoms with E-state index in [0.29, 0.717) is 12.2 Å². The number of carbonyl (C=O) groups excluding carboxylic acids is 1. The Hall–Kier alpha value is -1.68. The van der Waals surface area contributed by atoms with Gasteiger partial charge in [0.1, 0.15) is 5.69 Å². The number of benzene rings is 1. The van der Waals surface area contributed by atoms with Crippen molar-refractivity contribution in [3.63, 3.8) is 0 Å². The van der Waals surface area contributed by atoms with Gasteiger partial charge in [0.15, 0.2) is 0 Å². The fraction of sp³-hybridized carbons (Fsp3) is 0.286. The Labute approximate surface area is 111 Å². The molecule has 0 bridgehead atoms. The predicted molar refractivity (Wildman–Crippen MR) is 73.8 cm³/mol. The molecule has 18 heavy (non-hydrogen) atoms. The minimum absolute atomic E-state index is 0.0132. The first-order chi connectivity index (χ1) is 8.58. The molecule has 0 atom stereocenters. The highest BCUT2D eigenvalue weighted by Gasteiger charge is 2.18. The van der Waals surface area contributed by atoms with Crippen molar-refractivity contribution in [1.29, 1.82) is 0 Å². The lowest BCUT2D eigenvalue weighted by Gasteiger charge is -2.16. The summed E-state index contributed by atoms with van der Waals surface area (Å²) in [5, 5.41) is 0.934. The molecule has 0 fully saturated rings. The van der Waals surface area contributed by atoms with Gasteiger partial charge < -0.3 is 4.90 Å². The largest absolute Gasteiger partial charge is 0.336 e. The SMILES string of the molecule is Cc1nc(C(=O)N(C)Cc2ccccc2)c(C)s1. The van der Waals surface area contributed by atoms with E-state index >= 15 is 0 Å². The molecule has 2 aromatic rings. The topological polar surface area (TPSA) is 33.2 Å². The van der Waals surface area contributed by atoms with Crippen molar-refractivity contribution in [1.82, 2.24) is 9.88 Å². The van der Waals surface area contributed by atoms with Gasteiger partial charge in [0.05, 0.1) is 5.01 Å². The number of carbonyl (C=O) groups is 1. The summed E-state index contributed by atoms with van der Waals surface area (Å²) in [6.07, 6.45) is 0. The van der Waals surface area contributed by atoms with E-state index in [2.05, 4.69) is 4.98 Å². The Bertz CT molecular complexity index is 548. The summed E-state index contributed by atoms with van der Waals surface area (Å²) >= 11 is 1.56. The lowest BCUT2D eigenvalue weighted by Crippen LogP contribution is -2.27. The van der Waals surface area contributed by atoms with Crippen LogP contribution in [0.2, 0.25) is 0 Å². The molecule has 3 nitrogen and oxygen atoms in total. The van der Waals surface area contributed by atoms with Gasteiger partial charge in [-0.1, -0.05) is 30.3 Å². The Morgan fingerprint density at radius 1 is 1.28 bits per heavy atom. The van der Waals surface area contributed by atoms with Gasteiger partial charge in [-0.05, 0) is 19.4 Å². The first-order valence-electron chi connectivity index (χ1n) is 5.81. The fourth-order valence-corrected chi connectivity index (χ4v) is 2.65. The highest BCUT2D eigenvalue weighted by Crippen LogP contribution is 2.18. The van der Waals surface area contributed by atoms with Crippen LogP contribution in [-0.4, -0.2) is 22.8 Å². The summed E-state index contributed by atoms with van der Waals surface area (Å²) in [5.41, 5.74) is 1.70. The van der Waals surface area contributed by atoms with Gasteiger partial charge >= 0.3 is 0 Å². The molecule has 0 N–H and O–H groups in total. The molecular formula is C14H16N2OS. The van der Waals surface area contributed by atoms with Gasteiger partial charge in [-0.25, -0.2) is 4.98 Å². The molecule has 1 aromatic heterocycles. The standard InChI is InChI=1S/C14H16N2OS/c1-10-13(15-11(2)18-10)14(17)16(3)9-12-7-5-4-6-8-12/h4-8H,9H2,1-3H3. The maximum Gasteiger partial charge on any atom is 0.273 e. The van der Waals surface area contributed by atoms with Gasteiger partial charge in [-0.15, -0.1) is 11.3 Å². The Balaban J connectivity index is 2.12. The Morgan fingerprint density at radius 2 is 1.94 bits per heavy atom. The van der Waals surface area contributed by atoms with E-state index < -0.39 is 0 Å². The molecule has 0 spiro atoms. The third-order valence-electron chi connectivity index (χ3n) is 2.72. The van der Waals surface area contributed by atoms with E-state index in [1.54, 1.807) is 16.2 Å². The zero-order valence-corrected chi connectivity index (χ0v) is 11.6. The monoisotopic (exact) mass is 260 g/mol. The minimum Gasteiger partial charge on any atom is -0.336 e. The molecule has 0 saturated heterocycles. The van der Waals surface area contributed by atoms with Crippen LogP contribution in [0.4, 0.5) is 0 Å². The molecule has 2 rings (SSSR count). The van der Waals surface area contributed by atoms with Crippen molar-refractivity contribution < 1.29 is 4.79 Å². The van der Waals surface area contributed by atoms with Crippen LogP contribution in [0.3, 0.4) is 0 Å².